The highest BCUT2D eigenvalue weighted by Crippen LogP contribution is 2.26. The second-order valence-electron chi connectivity index (χ2n) is 5.17. The van der Waals surface area contributed by atoms with E-state index >= 15 is 0 Å². The lowest BCUT2D eigenvalue weighted by molar-refractivity contribution is -0.137. The Labute approximate surface area is 133 Å². The molecule has 6 nitrogen and oxygen atoms in total. The number of hydrogen-bond acceptors (Lipinski definition) is 3. The molecule has 7 heteroatoms. The minimum Gasteiger partial charge on any atom is -0.481 e. The Morgan fingerprint density at radius 2 is 2.00 bits per heavy atom. The van der Waals surface area contributed by atoms with E-state index in [4.69, 9.17) is 16.7 Å². The van der Waals surface area contributed by atoms with E-state index in [-0.39, 0.29) is 24.7 Å². The summed E-state index contributed by atoms with van der Waals surface area (Å²) in [5.74, 6) is -1.62. The van der Waals surface area contributed by atoms with E-state index in [9.17, 15) is 14.4 Å². The number of carbonyl (C=O) groups is 3. The van der Waals surface area contributed by atoms with Crippen molar-refractivity contribution >= 4 is 35.1 Å². The van der Waals surface area contributed by atoms with E-state index in [0.717, 1.165) is 5.69 Å². The molecule has 1 unspecified atom stereocenters. The summed E-state index contributed by atoms with van der Waals surface area (Å²) in [5, 5.41) is 11.8. The van der Waals surface area contributed by atoms with E-state index in [1.54, 1.807) is 29.2 Å². The first-order valence-corrected chi connectivity index (χ1v) is 7.40. The van der Waals surface area contributed by atoms with Gasteiger partial charge in [0.25, 0.3) is 0 Å². The van der Waals surface area contributed by atoms with Crippen LogP contribution in [0.4, 0.5) is 5.69 Å². The third-order valence-electron chi connectivity index (χ3n) is 3.50. The van der Waals surface area contributed by atoms with Crippen LogP contribution in [0.3, 0.4) is 0 Å². The third kappa shape index (κ3) is 4.21. The number of benzene rings is 1. The molecule has 0 aromatic heterocycles. The predicted octanol–water partition coefficient (Wildman–Crippen LogP) is 1.67. The lowest BCUT2D eigenvalue weighted by Gasteiger charge is -2.16. The van der Waals surface area contributed by atoms with Crippen LogP contribution in [0.5, 0.6) is 0 Å². The van der Waals surface area contributed by atoms with E-state index in [1.165, 1.54) is 0 Å². The molecule has 1 aromatic carbocycles. The van der Waals surface area contributed by atoms with Crippen molar-refractivity contribution in [1.82, 2.24) is 5.32 Å². The molecular formula is C15H17ClN2O4. The highest BCUT2D eigenvalue weighted by molar-refractivity contribution is 6.30. The Morgan fingerprint density at radius 3 is 2.64 bits per heavy atom. The summed E-state index contributed by atoms with van der Waals surface area (Å²) in [6.45, 7) is 0.627. The molecule has 0 saturated carbocycles. The van der Waals surface area contributed by atoms with Crippen LogP contribution in [0.25, 0.3) is 0 Å². The Kier molecular flexibility index (Phi) is 5.38. The molecule has 118 valence electrons. The molecule has 0 bridgehead atoms. The summed E-state index contributed by atoms with van der Waals surface area (Å²) in [4.78, 5) is 36.0. The number of hydrogen-bond donors (Lipinski definition) is 2. The van der Waals surface area contributed by atoms with Crippen molar-refractivity contribution in [3.8, 4) is 0 Å². The largest absolute Gasteiger partial charge is 0.481 e. The van der Waals surface area contributed by atoms with E-state index in [0.29, 0.717) is 24.5 Å². The molecule has 22 heavy (non-hydrogen) atoms. The van der Waals surface area contributed by atoms with Crippen molar-refractivity contribution in [1.29, 1.82) is 0 Å². The van der Waals surface area contributed by atoms with Gasteiger partial charge in [-0.1, -0.05) is 11.6 Å². The Bertz CT molecular complexity index is 573. The van der Waals surface area contributed by atoms with Gasteiger partial charge in [0.15, 0.2) is 0 Å². The Hall–Kier alpha value is -2.08. The number of carboxylic acid groups (broad SMARTS) is 1. The van der Waals surface area contributed by atoms with Crippen LogP contribution in [0.2, 0.25) is 5.02 Å². The normalized spacial score (nSPS) is 17.6. The molecule has 0 radical (unpaired) electrons. The van der Waals surface area contributed by atoms with Gasteiger partial charge in [-0.05, 0) is 30.7 Å². The van der Waals surface area contributed by atoms with Crippen molar-refractivity contribution in [2.45, 2.75) is 19.3 Å². The van der Waals surface area contributed by atoms with Crippen LogP contribution in [0, 0.1) is 5.92 Å². The lowest BCUT2D eigenvalue weighted by Crippen LogP contribution is -2.33. The van der Waals surface area contributed by atoms with Gasteiger partial charge in [0, 0.05) is 36.6 Å². The van der Waals surface area contributed by atoms with Gasteiger partial charge in [-0.15, -0.1) is 0 Å². The number of nitrogens with zero attached hydrogens (tertiary/aromatic N) is 1. The molecule has 0 spiro atoms. The monoisotopic (exact) mass is 324 g/mol. The average Bonchev–Trinajstić information content (AvgIpc) is 2.86. The summed E-state index contributed by atoms with van der Waals surface area (Å²) in [6, 6.07) is 6.88. The van der Waals surface area contributed by atoms with Crippen LogP contribution >= 0.6 is 11.6 Å². The first-order chi connectivity index (χ1) is 10.5. The van der Waals surface area contributed by atoms with E-state index < -0.39 is 11.9 Å². The van der Waals surface area contributed by atoms with Gasteiger partial charge in [0.2, 0.25) is 11.8 Å². The van der Waals surface area contributed by atoms with Gasteiger partial charge in [-0.3, -0.25) is 14.4 Å². The topological polar surface area (TPSA) is 86.7 Å². The van der Waals surface area contributed by atoms with Crippen molar-refractivity contribution in [2.24, 2.45) is 5.92 Å². The number of amides is 2. The molecule has 1 saturated heterocycles. The van der Waals surface area contributed by atoms with Crippen molar-refractivity contribution < 1.29 is 19.5 Å². The fraction of sp³-hybridized carbons (Fsp3) is 0.400. The minimum absolute atomic E-state index is 0.0147. The number of carboxylic acids is 1. The molecule has 2 rings (SSSR count). The molecule has 1 heterocycles. The van der Waals surface area contributed by atoms with Gasteiger partial charge in [-0.25, -0.2) is 0 Å². The zero-order valence-corrected chi connectivity index (χ0v) is 12.7. The maximum atomic E-state index is 12.0. The first kappa shape index (κ1) is 16.3. The van der Waals surface area contributed by atoms with Crippen LogP contribution in [0.15, 0.2) is 24.3 Å². The van der Waals surface area contributed by atoms with E-state index in [2.05, 4.69) is 5.32 Å². The van der Waals surface area contributed by atoms with Gasteiger partial charge in [0.1, 0.15) is 0 Å². The van der Waals surface area contributed by atoms with Crippen molar-refractivity contribution in [3.05, 3.63) is 29.3 Å². The third-order valence-corrected chi connectivity index (χ3v) is 3.75. The van der Waals surface area contributed by atoms with Crippen LogP contribution < -0.4 is 10.2 Å². The lowest BCUT2D eigenvalue weighted by atomic mass is 10.1. The summed E-state index contributed by atoms with van der Waals surface area (Å²) in [6.07, 6.45) is 0.552. The van der Waals surface area contributed by atoms with Crippen molar-refractivity contribution in [3.63, 3.8) is 0 Å². The fourth-order valence-electron chi connectivity index (χ4n) is 2.35. The van der Waals surface area contributed by atoms with Gasteiger partial charge >= 0.3 is 5.97 Å². The second kappa shape index (κ2) is 7.26. The number of nitrogens with one attached hydrogen (secondary N) is 1. The summed E-state index contributed by atoms with van der Waals surface area (Å²) in [7, 11) is 0. The smallest absolute Gasteiger partial charge is 0.303 e. The molecule has 2 N–H and O–H groups in total. The molecule has 1 fully saturated rings. The van der Waals surface area contributed by atoms with Gasteiger partial charge in [-0.2, -0.15) is 0 Å². The zero-order valence-electron chi connectivity index (χ0n) is 11.9. The highest BCUT2D eigenvalue weighted by Gasteiger charge is 2.34. The molecule has 2 amide bonds. The highest BCUT2D eigenvalue weighted by atomic mass is 35.5. The average molecular weight is 325 g/mol. The standard InChI is InChI=1S/C15H17ClN2O4/c16-11-3-5-12(6-4-11)18-9-10(8-13(18)19)15(22)17-7-1-2-14(20)21/h3-6,10H,1-2,7-9H2,(H,17,22)(H,20,21). The van der Waals surface area contributed by atoms with Crippen LogP contribution in [-0.2, 0) is 14.4 Å². The second-order valence-corrected chi connectivity index (χ2v) is 5.61. The van der Waals surface area contributed by atoms with Crippen LogP contribution in [-0.4, -0.2) is 36.0 Å². The number of rotatable bonds is 6. The molecule has 1 aliphatic heterocycles. The van der Waals surface area contributed by atoms with Crippen molar-refractivity contribution in [2.75, 3.05) is 18.0 Å². The fourth-order valence-corrected chi connectivity index (χ4v) is 2.48. The Morgan fingerprint density at radius 1 is 1.32 bits per heavy atom. The number of carbonyl (C=O) groups excluding carboxylic acids is 2. The Balaban J connectivity index is 1.87. The number of halogens is 1. The van der Waals surface area contributed by atoms with Gasteiger partial charge < -0.3 is 15.3 Å². The van der Waals surface area contributed by atoms with Crippen LogP contribution in [0.1, 0.15) is 19.3 Å². The maximum absolute atomic E-state index is 12.0. The summed E-state index contributed by atoms with van der Waals surface area (Å²) in [5.41, 5.74) is 0.718. The van der Waals surface area contributed by atoms with Gasteiger partial charge in [0.05, 0.1) is 5.92 Å². The SMILES string of the molecule is O=C(O)CCCNC(=O)C1CC(=O)N(c2ccc(Cl)cc2)C1. The number of aliphatic carboxylic acids is 1. The summed E-state index contributed by atoms with van der Waals surface area (Å²) < 4.78 is 0. The zero-order chi connectivity index (χ0) is 16.1. The molecule has 1 atom stereocenters. The maximum Gasteiger partial charge on any atom is 0.303 e. The quantitative estimate of drug-likeness (QED) is 0.779. The minimum atomic E-state index is -0.890. The first-order valence-electron chi connectivity index (χ1n) is 7.03. The molecule has 0 aliphatic carbocycles. The molecular weight excluding hydrogens is 308 g/mol. The molecule has 1 aliphatic rings. The number of anilines is 1. The molecule has 1 aromatic rings. The van der Waals surface area contributed by atoms with E-state index in [1.807, 2.05) is 0 Å². The summed E-state index contributed by atoms with van der Waals surface area (Å²) >= 11 is 5.82. The predicted molar refractivity (Wildman–Crippen MR) is 81.8 cm³/mol.